The van der Waals surface area contributed by atoms with Crippen molar-refractivity contribution in [3.63, 3.8) is 0 Å². The summed E-state index contributed by atoms with van der Waals surface area (Å²) in [5.41, 5.74) is 6.32. The van der Waals surface area contributed by atoms with Crippen LogP contribution < -0.4 is 5.73 Å². The van der Waals surface area contributed by atoms with Gasteiger partial charge in [0.15, 0.2) is 0 Å². The van der Waals surface area contributed by atoms with Crippen molar-refractivity contribution in [1.82, 2.24) is 14.5 Å². The third-order valence-electron chi connectivity index (χ3n) is 3.20. The van der Waals surface area contributed by atoms with Gasteiger partial charge >= 0.3 is 0 Å². The Balaban J connectivity index is 2.03. The van der Waals surface area contributed by atoms with Gasteiger partial charge in [-0.3, -0.25) is 0 Å². The van der Waals surface area contributed by atoms with Gasteiger partial charge in [0, 0.05) is 6.20 Å². The minimum atomic E-state index is -0.109. The normalized spacial score (nSPS) is 23.9. The van der Waals surface area contributed by atoms with E-state index in [4.69, 9.17) is 27.2 Å². The molecule has 1 aliphatic heterocycles. The summed E-state index contributed by atoms with van der Waals surface area (Å²) in [6.45, 7) is 0.587. The summed E-state index contributed by atoms with van der Waals surface area (Å²) in [5.74, 6) is 0.157. The average molecular weight is 269 g/mol. The molecular formula is C11H13ClN4O2. The predicted octanol–water partition coefficient (Wildman–Crippen LogP) is 0.989. The third kappa shape index (κ3) is 1.82. The average Bonchev–Trinajstić information content (AvgIpc) is 2.93. The number of nitrogens with two attached hydrogens (primary N) is 1. The fourth-order valence-electron chi connectivity index (χ4n) is 2.31. The number of aliphatic hydroxyl groups is 1. The van der Waals surface area contributed by atoms with Crippen LogP contribution in [0, 0.1) is 0 Å². The van der Waals surface area contributed by atoms with Crippen LogP contribution in [0.4, 0.5) is 5.95 Å². The molecule has 2 aromatic heterocycles. The number of nitrogens with zero attached hydrogens (tertiary/aromatic N) is 3. The Bertz CT molecular complexity index is 586. The van der Waals surface area contributed by atoms with E-state index in [0.29, 0.717) is 17.4 Å². The molecule has 0 unspecified atom stereocenters. The largest absolute Gasteiger partial charge is 0.394 e. The van der Waals surface area contributed by atoms with Gasteiger partial charge in [0.1, 0.15) is 10.8 Å². The number of aromatic nitrogens is 3. The first-order valence-electron chi connectivity index (χ1n) is 5.71. The van der Waals surface area contributed by atoms with Crippen molar-refractivity contribution in [1.29, 1.82) is 0 Å². The maximum atomic E-state index is 9.08. The smallest absolute Gasteiger partial charge is 0.223 e. The van der Waals surface area contributed by atoms with Gasteiger partial charge in [0.25, 0.3) is 0 Å². The first-order valence-corrected chi connectivity index (χ1v) is 6.09. The number of rotatable bonds is 2. The van der Waals surface area contributed by atoms with Gasteiger partial charge in [0.05, 0.1) is 30.7 Å². The molecule has 0 amide bonds. The molecule has 0 radical (unpaired) electrons. The number of hydrogen-bond acceptors (Lipinski definition) is 5. The van der Waals surface area contributed by atoms with Crippen LogP contribution in [0.2, 0.25) is 5.15 Å². The summed E-state index contributed by atoms with van der Waals surface area (Å²) in [5, 5.41) is 10.2. The van der Waals surface area contributed by atoms with Crippen LogP contribution in [0.15, 0.2) is 12.3 Å². The standard InChI is InChI=1S/C11H13ClN4O2/c12-9-8-1-2-16(10(8)15-11(13)14-9)6-3-7(4-17)18-5-6/h1-2,6-7,17H,3-5H2,(H2,13,14,15)/t6-,7-/m1/s1. The fourth-order valence-corrected chi connectivity index (χ4v) is 2.55. The lowest BCUT2D eigenvalue weighted by Gasteiger charge is -2.11. The van der Waals surface area contributed by atoms with E-state index in [1.165, 1.54) is 0 Å². The number of fused-ring (bicyclic) bond motifs is 1. The van der Waals surface area contributed by atoms with E-state index in [-0.39, 0.29) is 24.7 Å². The minimum absolute atomic E-state index is 0.0353. The monoisotopic (exact) mass is 268 g/mol. The Hall–Kier alpha value is -1.37. The van der Waals surface area contributed by atoms with Crippen LogP contribution in [-0.4, -0.2) is 39.0 Å². The number of halogens is 1. The molecule has 3 N–H and O–H groups in total. The lowest BCUT2D eigenvalue weighted by Crippen LogP contribution is -2.11. The molecule has 6 nitrogen and oxygen atoms in total. The highest BCUT2D eigenvalue weighted by molar-refractivity contribution is 6.34. The van der Waals surface area contributed by atoms with Crippen LogP contribution in [0.1, 0.15) is 12.5 Å². The number of aliphatic hydroxyl groups excluding tert-OH is 1. The van der Waals surface area contributed by atoms with Crippen LogP contribution in [-0.2, 0) is 4.74 Å². The molecule has 1 saturated heterocycles. The zero-order chi connectivity index (χ0) is 12.7. The fraction of sp³-hybridized carbons (Fsp3) is 0.455. The number of nitrogen functional groups attached to an aromatic ring is 1. The van der Waals surface area contributed by atoms with Crippen molar-refractivity contribution in [3.8, 4) is 0 Å². The molecular weight excluding hydrogens is 256 g/mol. The summed E-state index contributed by atoms with van der Waals surface area (Å²) >= 11 is 6.02. The maximum Gasteiger partial charge on any atom is 0.223 e. The highest BCUT2D eigenvalue weighted by atomic mass is 35.5. The van der Waals surface area contributed by atoms with Gasteiger partial charge in [0.2, 0.25) is 5.95 Å². The molecule has 0 aromatic carbocycles. The zero-order valence-corrected chi connectivity index (χ0v) is 10.3. The van der Waals surface area contributed by atoms with Crippen molar-refractivity contribution < 1.29 is 9.84 Å². The first kappa shape index (κ1) is 11.7. The second kappa shape index (κ2) is 4.38. The molecule has 3 rings (SSSR count). The number of anilines is 1. The van der Waals surface area contributed by atoms with E-state index < -0.39 is 0 Å². The highest BCUT2D eigenvalue weighted by Crippen LogP contribution is 2.30. The highest BCUT2D eigenvalue weighted by Gasteiger charge is 2.27. The lowest BCUT2D eigenvalue weighted by molar-refractivity contribution is 0.0576. The molecule has 1 fully saturated rings. The van der Waals surface area contributed by atoms with Gasteiger partial charge < -0.3 is 20.1 Å². The van der Waals surface area contributed by atoms with E-state index in [2.05, 4.69) is 9.97 Å². The Kier molecular flexibility index (Phi) is 2.85. The molecule has 18 heavy (non-hydrogen) atoms. The summed E-state index contributed by atoms with van der Waals surface area (Å²) in [4.78, 5) is 8.14. The molecule has 0 aliphatic carbocycles. The molecule has 96 valence electrons. The molecule has 0 saturated carbocycles. The van der Waals surface area contributed by atoms with Gasteiger partial charge in [-0.15, -0.1) is 0 Å². The van der Waals surface area contributed by atoms with E-state index in [0.717, 1.165) is 11.8 Å². The van der Waals surface area contributed by atoms with Crippen molar-refractivity contribution in [2.24, 2.45) is 0 Å². The van der Waals surface area contributed by atoms with E-state index >= 15 is 0 Å². The van der Waals surface area contributed by atoms with Crippen LogP contribution in [0.5, 0.6) is 0 Å². The van der Waals surface area contributed by atoms with E-state index in [1.807, 2.05) is 16.8 Å². The van der Waals surface area contributed by atoms with Crippen molar-refractivity contribution >= 4 is 28.6 Å². The first-order chi connectivity index (χ1) is 8.69. The summed E-state index contributed by atoms with van der Waals surface area (Å²) in [7, 11) is 0. The Morgan fingerprint density at radius 3 is 3.11 bits per heavy atom. The van der Waals surface area contributed by atoms with Crippen LogP contribution >= 0.6 is 11.6 Å². The second-order valence-electron chi connectivity index (χ2n) is 4.36. The summed E-state index contributed by atoms with van der Waals surface area (Å²) < 4.78 is 7.45. The molecule has 0 spiro atoms. The molecule has 2 aromatic rings. The topological polar surface area (TPSA) is 86.2 Å². The summed E-state index contributed by atoms with van der Waals surface area (Å²) in [6, 6.07) is 2.01. The lowest BCUT2D eigenvalue weighted by atomic mass is 10.2. The third-order valence-corrected chi connectivity index (χ3v) is 3.49. The number of ether oxygens (including phenoxy) is 1. The van der Waals surface area contributed by atoms with Gasteiger partial charge in [-0.25, -0.2) is 4.98 Å². The predicted molar refractivity (Wildman–Crippen MR) is 67.4 cm³/mol. The quantitative estimate of drug-likeness (QED) is 0.793. The van der Waals surface area contributed by atoms with E-state index in [9.17, 15) is 0 Å². The Labute approximate surface area is 108 Å². The zero-order valence-electron chi connectivity index (χ0n) is 9.58. The van der Waals surface area contributed by atoms with Gasteiger partial charge in [-0.1, -0.05) is 11.6 Å². The van der Waals surface area contributed by atoms with Crippen molar-refractivity contribution in [2.75, 3.05) is 18.9 Å². The summed E-state index contributed by atoms with van der Waals surface area (Å²) in [6.07, 6.45) is 2.54. The second-order valence-corrected chi connectivity index (χ2v) is 4.72. The minimum Gasteiger partial charge on any atom is -0.394 e. The SMILES string of the molecule is Nc1nc(Cl)c2ccn([C@H]3CO[C@@H](CO)C3)c2n1. The van der Waals surface area contributed by atoms with E-state index in [1.54, 1.807) is 0 Å². The van der Waals surface area contributed by atoms with Crippen molar-refractivity contribution in [2.45, 2.75) is 18.6 Å². The molecule has 3 heterocycles. The maximum absolute atomic E-state index is 9.08. The van der Waals surface area contributed by atoms with Crippen LogP contribution in [0.25, 0.3) is 11.0 Å². The Morgan fingerprint density at radius 1 is 1.56 bits per heavy atom. The Morgan fingerprint density at radius 2 is 2.39 bits per heavy atom. The molecule has 7 heteroatoms. The van der Waals surface area contributed by atoms with Crippen molar-refractivity contribution in [3.05, 3.63) is 17.4 Å². The van der Waals surface area contributed by atoms with Gasteiger partial charge in [-0.05, 0) is 12.5 Å². The van der Waals surface area contributed by atoms with Gasteiger partial charge in [-0.2, -0.15) is 4.98 Å². The molecule has 2 atom stereocenters. The van der Waals surface area contributed by atoms with Crippen LogP contribution in [0.3, 0.4) is 0 Å². The molecule has 1 aliphatic rings. The molecule has 0 bridgehead atoms. The number of hydrogen-bond donors (Lipinski definition) is 2.